The molecule has 1 heteroatoms. The maximum Gasteiger partial charge on any atom is 0.103 e. The summed E-state index contributed by atoms with van der Waals surface area (Å²) in [7, 11) is 7.07. The van der Waals surface area contributed by atoms with Crippen LogP contribution in [-0.4, -0.2) is 31.2 Å². The molecule has 0 spiro atoms. The summed E-state index contributed by atoms with van der Waals surface area (Å²) in [5.74, 6) is 0. The molecule has 0 radical (unpaired) electrons. The molecule has 0 heterocycles. The Kier molecular flexibility index (Phi) is 3.07. The van der Waals surface area contributed by atoms with E-state index in [1.165, 1.54) is 37.7 Å². The van der Waals surface area contributed by atoms with Crippen LogP contribution in [0.25, 0.3) is 0 Å². The van der Waals surface area contributed by atoms with Crippen molar-refractivity contribution >= 4 is 0 Å². The van der Waals surface area contributed by atoms with E-state index in [1.54, 1.807) is 0 Å². The van der Waals surface area contributed by atoms with Gasteiger partial charge in [-0.1, -0.05) is 30.3 Å². The normalized spacial score (nSPS) is 19.9. The standard InChI is InChI=1S/C15H24N/c1-16(2,3)15(11-7-8-12-15)13-14-9-5-4-6-10-14/h4-6,9-10H,7-8,11-13H2,1-3H3/q+1. The summed E-state index contributed by atoms with van der Waals surface area (Å²) < 4.78 is 1.10. The molecule has 0 amide bonds. The molecule has 1 nitrogen and oxygen atoms in total. The molecule has 1 aliphatic rings. The average Bonchev–Trinajstić information content (AvgIpc) is 2.68. The minimum absolute atomic E-state index is 0.474. The van der Waals surface area contributed by atoms with Crippen molar-refractivity contribution in [1.29, 1.82) is 0 Å². The largest absolute Gasteiger partial charge is 0.326 e. The van der Waals surface area contributed by atoms with Crippen LogP contribution in [-0.2, 0) is 6.42 Å². The van der Waals surface area contributed by atoms with Gasteiger partial charge in [0.15, 0.2) is 0 Å². The topological polar surface area (TPSA) is 0 Å². The summed E-state index contributed by atoms with van der Waals surface area (Å²) in [6.07, 6.45) is 6.80. The van der Waals surface area contributed by atoms with Crippen LogP contribution in [0.5, 0.6) is 0 Å². The van der Waals surface area contributed by atoms with Crippen LogP contribution in [0.2, 0.25) is 0 Å². The van der Waals surface area contributed by atoms with Gasteiger partial charge in [0.25, 0.3) is 0 Å². The highest BCUT2D eigenvalue weighted by molar-refractivity contribution is 5.17. The van der Waals surface area contributed by atoms with E-state index in [0.29, 0.717) is 5.54 Å². The first kappa shape index (κ1) is 11.7. The molecule has 0 saturated heterocycles. The lowest BCUT2D eigenvalue weighted by Gasteiger charge is -2.44. The van der Waals surface area contributed by atoms with Crippen molar-refractivity contribution in [3.63, 3.8) is 0 Å². The highest BCUT2D eigenvalue weighted by Crippen LogP contribution is 2.39. The number of hydrogen-bond acceptors (Lipinski definition) is 0. The van der Waals surface area contributed by atoms with E-state index < -0.39 is 0 Å². The monoisotopic (exact) mass is 218 g/mol. The molecule has 1 saturated carbocycles. The van der Waals surface area contributed by atoms with Crippen molar-refractivity contribution in [1.82, 2.24) is 0 Å². The fraction of sp³-hybridized carbons (Fsp3) is 0.600. The first-order valence-electron chi connectivity index (χ1n) is 6.39. The van der Waals surface area contributed by atoms with Gasteiger partial charge in [-0.15, -0.1) is 0 Å². The molecule has 1 aliphatic carbocycles. The van der Waals surface area contributed by atoms with E-state index in [2.05, 4.69) is 51.5 Å². The Labute approximate surface area is 99.7 Å². The van der Waals surface area contributed by atoms with Gasteiger partial charge in [0.1, 0.15) is 5.54 Å². The van der Waals surface area contributed by atoms with Crippen molar-refractivity contribution in [2.24, 2.45) is 0 Å². The van der Waals surface area contributed by atoms with E-state index in [4.69, 9.17) is 0 Å². The summed E-state index contributed by atoms with van der Waals surface area (Å²) in [5.41, 5.74) is 1.97. The van der Waals surface area contributed by atoms with E-state index in [0.717, 1.165) is 4.48 Å². The van der Waals surface area contributed by atoms with Gasteiger partial charge >= 0.3 is 0 Å². The van der Waals surface area contributed by atoms with Crippen molar-refractivity contribution < 1.29 is 4.48 Å². The number of benzene rings is 1. The van der Waals surface area contributed by atoms with Gasteiger partial charge in [0.2, 0.25) is 0 Å². The Balaban J connectivity index is 2.22. The SMILES string of the molecule is C[N+](C)(C)C1(Cc2ccccc2)CCCC1. The van der Waals surface area contributed by atoms with Crippen LogP contribution in [0, 0.1) is 0 Å². The minimum atomic E-state index is 0.474. The molecule has 1 fully saturated rings. The summed E-state index contributed by atoms with van der Waals surface area (Å²) in [5, 5.41) is 0. The third kappa shape index (κ3) is 2.15. The van der Waals surface area contributed by atoms with E-state index in [9.17, 15) is 0 Å². The molecule has 16 heavy (non-hydrogen) atoms. The molecule has 0 atom stereocenters. The summed E-state index contributed by atoms with van der Waals surface area (Å²) in [6, 6.07) is 11.0. The maximum absolute atomic E-state index is 2.36. The van der Waals surface area contributed by atoms with Crippen molar-refractivity contribution in [2.45, 2.75) is 37.6 Å². The van der Waals surface area contributed by atoms with Gasteiger partial charge in [0.05, 0.1) is 21.1 Å². The van der Waals surface area contributed by atoms with E-state index in [-0.39, 0.29) is 0 Å². The second-order valence-electron chi connectivity index (χ2n) is 6.11. The molecule has 0 aromatic heterocycles. The van der Waals surface area contributed by atoms with Gasteiger partial charge < -0.3 is 4.48 Å². The summed E-state index contributed by atoms with van der Waals surface area (Å²) in [6.45, 7) is 0. The molecular formula is C15H24N+. The second-order valence-corrected chi connectivity index (χ2v) is 6.11. The Morgan fingerprint density at radius 2 is 1.56 bits per heavy atom. The lowest BCUT2D eigenvalue weighted by atomic mass is 9.86. The fourth-order valence-electron chi connectivity index (χ4n) is 3.09. The fourth-order valence-corrected chi connectivity index (χ4v) is 3.09. The van der Waals surface area contributed by atoms with Gasteiger partial charge in [-0.05, 0) is 18.4 Å². The Morgan fingerprint density at radius 1 is 1.00 bits per heavy atom. The number of likely N-dealkylation sites (N-methyl/N-ethyl adjacent to an activating group) is 1. The predicted molar refractivity (Wildman–Crippen MR) is 69.4 cm³/mol. The lowest BCUT2D eigenvalue weighted by molar-refractivity contribution is -0.923. The second kappa shape index (κ2) is 4.21. The van der Waals surface area contributed by atoms with Gasteiger partial charge in [-0.25, -0.2) is 0 Å². The quantitative estimate of drug-likeness (QED) is 0.683. The first-order valence-corrected chi connectivity index (χ1v) is 6.39. The molecule has 88 valence electrons. The summed E-state index contributed by atoms with van der Waals surface area (Å²) >= 11 is 0. The average molecular weight is 218 g/mol. The number of rotatable bonds is 3. The van der Waals surface area contributed by atoms with Crippen molar-refractivity contribution in [3.8, 4) is 0 Å². The molecular weight excluding hydrogens is 194 g/mol. The van der Waals surface area contributed by atoms with Crippen LogP contribution in [0.3, 0.4) is 0 Å². The van der Waals surface area contributed by atoms with E-state index >= 15 is 0 Å². The summed E-state index contributed by atoms with van der Waals surface area (Å²) in [4.78, 5) is 0. The first-order chi connectivity index (χ1) is 7.54. The van der Waals surface area contributed by atoms with E-state index in [1.807, 2.05) is 0 Å². The molecule has 1 aromatic rings. The van der Waals surface area contributed by atoms with Crippen LogP contribution < -0.4 is 0 Å². The molecule has 0 bridgehead atoms. The van der Waals surface area contributed by atoms with Gasteiger partial charge in [-0.2, -0.15) is 0 Å². The van der Waals surface area contributed by atoms with Crippen LogP contribution in [0.4, 0.5) is 0 Å². The highest BCUT2D eigenvalue weighted by atomic mass is 15.3. The number of hydrogen-bond donors (Lipinski definition) is 0. The maximum atomic E-state index is 2.36. The molecule has 0 N–H and O–H groups in total. The van der Waals surface area contributed by atoms with Gasteiger partial charge in [0, 0.05) is 19.3 Å². The Hall–Kier alpha value is -0.820. The minimum Gasteiger partial charge on any atom is -0.326 e. The zero-order chi connectivity index (χ0) is 11.6. The molecule has 0 unspecified atom stereocenters. The molecule has 1 aromatic carbocycles. The van der Waals surface area contributed by atoms with Crippen molar-refractivity contribution in [3.05, 3.63) is 35.9 Å². The predicted octanol–water partition coefficient (Wildman–Crippen LogP) is 3.25. The smallest absolute Gasteiger partial charge is 0.103 e. The van der Waals surface area contributed by atoms with Crippen LogP contribution in [0.1, 0.15) is 31.2 Å². The zero-order valence-electron chi connectivity index (χ0n) is 10.9. The third-order valence-electron chi connectivity index (χ3n) is 4.33. The lowest BCUT2D eigenvalue weighted by Crippen LogP contribution is -2.56. The number of nitrogens with zero attached hydrogens (tertiary/aromatic N) is 1. The highest BCUT2D eigenvalue weighted by Gasteiger charge is 2.45. The Morgan fingerprint density at radius 3 is 2.06 bits per heavy atom. The zero-order valence-corrected chi connectivity index (χ0v) is 10.9. The van der Waals surface area contributed by atoms with Crippen molar-refractivity contribution in [2.75, 3.05) is 21.1 Å². The Bertz CT molecular complexity index is 328. The van der Waals surface area contributed by atoms with Crippen LogP contribution in [0.15, 0.2) is 30.3 Å². The molecule has 2 rings (SSSR count). The van der Waals surface area contributed by atoms with Crippen LogP contribution >= 0.6 is 0 Å². The molecule has 0 aliphatic heterocycles. The number of quaternary nitrogens is 1. The third-order valence-corrected chi connectivity index (χ3v) is 4.33. The van der Waals surface area contributed by atoms with Gasteiger partial charge in [-0.3, -0.25) is 0 Å².